The number of rotatable bonds is 22. The van der Waals surface area contributed by atoms with E-state index in [0.29, 0.717) is 16.8 Å². The molecule has 2 N–H and O–H groups in total. The van der Waals surface area contributed by atoms with Crippen molar-refractivity contribution in [2.24, 2.45) is 0 Å². The van der Waals surface area contributed by atoms with Gasteiger partial charge in [-0.15, -0.1) is 20.2 Å². The normalized spacial score (nSPS) is 13.6. The first-order valence-corrected chi connectivity index (χ1v) is 16.8. The Bertz CT molecular complexity index is 1540. The number of carbonyl (C=O) groups excluding carboxylic acids is 1. The molecule has 0 saturated carbocycles. The fourth-order valence-corrected chi connectivity index (χ4v) is 4.58. The first-order chi connectivity index (χ1) is 23.0. The zero-order chi connectivity index (χ0) is 36.7. The number of carbonyl (C=O) groups is 1. The minimum absolute atomic E-state index is 0.0144. The smallest absolute Gasteiger partial charge is 0.308 e. The van der Waals surface area contributed by atoms with Crippen molar-refractivity contribution in [3.63, 3.8) is 0 Å². The molecule has 20 heteroatoms. The SMILES string of the molecule is CC(C)c1nc(N(C)S(C)(=O)=O)nc(-c2ccc(F)cc2)c1/C=C/[C@@H](O)C[C@@H](O)CC(=O)OCCCOCC(CCO[N+](=O)[O-])O[N+](=O)[O-]. The Balaban J connectivity index is 1.99. The highest BCUT2D eigenvalue weighted by molar-refractivity contribution is 7.92. The summed E-state index contributed by atoms with van der Waals surface area (Å²) in [5.74, 6) is -1.58. The van der Waals surface area contributed by atoms with Gasteiger partial charge in [0, 0.05) is 37.6 Å². The summed E-state index contributed by atoms with van der Waals surface area (Å²) in [5, 5.41) is 39.7. The maximum Gasteiger partial charge on any atom is 0.308 e. The van der Waals surface area contributed by atoms with Crippen molar-refractivity contribution in [2.75, 3.05) is 44.0 Å². The third-order valence-corrected chi connectivity index (χ3v) is 7.84. The lowest BCUT2D eigenvalue weighted by Gasteiger charge is -2.20. The standard InChI is InChI=1S/C29H40FN5O13S/c1-19(2)27-25(28(20-6-8-21(30)9-7-20)32-29(31-27)33(3)49(4,43)44)11-10-22(36)16-23(37)17-26(38)46-14-5-13-45-18-24(48-35(41)42)12-15-47-34(39)40/h6-11,19,22-24,36-37H,5,12-18H2,1-4H3/b11-10+/t22-,23-,24?/m1/s1. The van der Waals surface area contributed by atoms with Gasteiger partial charge in [-0.1, -0.05) is 26.0 Å². The molecular formula is C29H40FN5O13S. The quantitative estimate of drug-likeness (QED) is 0.0769. The van der Waals surface area contributed by atoms with Gasteiger partial charge in [0.15, 0.2) is 0 Å². The third kappa shape index (κ3) is 14.6. The van der Waals surface area contributed by atoms with Gasteiger partial charge in [-0.25, -0.2) is 27.1 Å². The Morgan fingerprint density at radius 1 is 1.08 bits per heavy atom. The molecule has 0 amide bonds. The van der Waals surface area contributed by atoms with Crippen LogP contribution < -0.4 is 4.31 Å². The van der Waals surface area contributed by atoms with Crippen molar-refractivity contribution < 1.29 is 57.1 Å². The molecule has 0 radical (unpaired) electrons. The zero-order valence-corrected chi connectivity index (χ0v) is 28.2. The van der Waals surface area contributed by atoms with Crippen molar-refractivity contribution >= 4 is 28.0 Å². The van der Waals surface area contributed by atoms with Gasteiger partial charge in [0.25, 0.3) is 10.2 Å². The average molecular weight is 718 g/mol. The highest BCUT2D eigenvalue weighted by Crippen LogP contribution is 2.31. The molecule has 1 heterocycles. The number of hydrogen-bond acceptors (Lipinski definition) is 15. The molecule has 0 aliphatic rings. The number of aliphatic hydroxyl groups is 2. The minimum atomic E-state index is -3.72. The predicted octanol–water partition coefficient (Wildman–Crippen LogP) is 2.44. The van der Waals surface area contributed by atoms with Crippen LogP contribution in [0.5, 0.6) is 0 Å². The molecule has 3 atom stereocenters. The van der Waals surface area contributed by atoms with Crippen molar-refractivity contribution in [1.29, 1.82) is 0 Å². The molecule has 0 saturated heterocycles. The van der Waals surface area contributed by atoms with E-state index in [9.17, 15) is 48.0 Å². The largest absolute Gasteiger partial charge is 0.466 e. The molecule has 2 rings (SSSR count). The number of aliphatic hydroxyl groups excluding tert-OH is 2. The average Bonchev–Trinajstić information content (AvgIpc) is 3.00. The van der Waals surface area contributed by atoms with Crippen LogP contribution in [0, 0.1) is 26.0 Å². The monoisotopic (exact) mass is 717 g/mol. The summed E-state index contributed by atoms with van der Waals surface area (Å²) in [6.45, 7) is 2.87. The van der Waals surface area contributed by atoms with E-state index in [1.807, 2.05) is 13.8 Å². The number of hydrogen-bond donors (Lipinski definition) is 2. The molecule has 2 aromatic rings. The lowest BCUT2D eigenvalue weighted by molar-refractivity contribution is -0.774. The van der Waals surface area contributed by atoms with Gasteiger partial charge in [-0.05, 0) is 36.6 Å². The minimum Gasteiger partial charge on any atom is -0.466 e. The van der Waals surface area contributed by atoms with Crippen LogP contribution in [0.25, 0.3) is 17.3 Å². The molecule has 49 heavy (non-hydrogen) atoms. The Kier molecular flexibility index (Phi) is 16.1. The second kappa shape index (κ2) is 19.5. The number of anilines is 1. The van der Waals surface area contributed by atoms with Gasteiger partial charge in [-0.3, -0.25) is 4.79 Å². The zero-order valence-electron chi connectivity index (χ0n) is 27.3. The van der Waals surface area contributed by atoms with Gasteiger partial charge >= 0.3 is 5.97 Å². The van der Waals surface area contributed by atoms with Gasteiger partial charge in [0.05, 0.1) is 56.1 Å². The first kappa shape index (κ1) is 40.6. The van der Waals surface area contributed by atoms with Gasteiger partial charge in [-0.2, -0.15) is 0 Å². The summed E-state index contributed by atoms with van der Waals surface area (Å²) in [5.41, 5.74) is 1.62. The number of nitrogens with zero attached hydrogens (tertiary/aromatic N) is 5. The van der Waals surface area contributed by atoms with Crippen LogP contribution in [0.15, 0.2) is 30.3 Å². The summed E-state index contributed by atoms with van der Waals surface area (Å²) in [4.78, 5) is 50.3. The Hall–Kier alpha value is -4.53. The van der Waals surface area contributed by atoms with Crippen LogP contribution in [0.2, 0.25) is 0 Å². The molecule has 0 fully saturated rings. The van der Waals surface area contributed by atoms with E-state index < -0.39 is 63.3 Å². The van der Waals surface area contributed by atoms with E-state index >= 15 is 0 Å². The topological polar surface area (TPSA) is 244 Å². The second-order valence-corrected chi connectivity index (χ2v) is 13.0. The molecule has 1 aromatic carbocycles. The number of aromatic nitrogens is 2. The number of ether oxygens (including phenoxy) is 2. The van der Waals surface area contributed by atoms with E-state index in [1.165, 1.54) is 43.5 Å². The van der Waals surface area contributed by atoms with E-state index in [-0.39, 0.29) is 56.6 Å². The van der Waals surface area contributed by atoms with Crippen LogP contribution in [-0.2, 0) is 34.0 Å². The van der Waals surface area contributed by atoms with Gasteiger partial charge < -0.3 is 29.4 Å². The van der Waals surface area contributed by atoms with Crippen LogP contribution in [-0.4, -0.2) is 103 Å². The van der Waals surface area contributed by atoms with Crippen LogP contribution in [0.3, 0.4) is 0 Å². The van der Waals surface area contributed by atoms with Crippen LogP contribution >= 0.6 is 0 Å². The predicted molar refractivity (Wildman–Crippen MR) is 171 cm³/mol. The van der Waals surface area contributed by atoms with Gasteiger partial charge in [0.1, 0.15) is 11.9 Å². The number of halogens is 1. The summed E-state index contributed by atoms with van der Waals surface area (Å²) < 4.78 is 49.4. The molecule has 18 nitrogen and oxygen atoms in total. The van der Waals surface area contributed by atoms with E-state index in [1.54, 1.807) is 0 Å². The van der Waals surface area contributed by atoms with Crippen molar-refractivity contribution in [3.8, 4) is 11.3 Å². The fourth-order valence-electron chi connectivity index (χ4n) is 4.20. The Morgan fingerprint density at radius 2 is 1.76 bits per heavy atom. The Morgan fingerprint density at radius 3 is 2.35 bits per heavy atom. The summed E-state index contributed by atoms with van der Waals surface area (Å²) in [6, 6.07) is 5.39. The third-order valence-electron chi connectivity index (χ3n) is 6.68. The number of esters is 1. The molecule has 1 aromatic heterocycles. The van der Waals surface area contributed by atoms with E-state index in [2.05, 4.69) is 19.6 Å². The second-order valence-electron chi connectivity index (χ2n) is 11.0. The summed E-state index contributed by atoms with van der Waals surface area (Å²) in [6.07, 6.45) is -0.399. The highest BCUT2D eigenvalue weighted by Gasteiger charge is 2.23. The highest BCUT2D eigenvalue weighted by atomic mass is 32.2. The number of sulfonamides is 1. The molecule has 0 bridgehead atoms. The molecule has 1 unspecified atom stereocenters. The van der Waals surface area contributed by atoms with Crippen molar-refractivity contribution in [2.45, 2.75) is 63.8 Å². The van der Waals surface area contributed by atoms with Crippen molar-refractivity contribution in [1.82, 2.24) is 9.97 Å². The fraction of sp³-hybridized carbons (Fsp3) is 0.552. The molecular weight excluding hydrogens is 677 g/mol. The lowest BCUT2D eigenvalue weighted by Crippen LogP contribution is -2.27. The molecule has 272 valence electrons. The Labute approximate surface area is 281 Å². The lowest BCUT2D eigenvalue weighted by atomic mass is 9.97. The molecule has 0 aliphatic carbocycles. The first-order valence-electron chi connectivity index (χ1n) is 15.0. The van der Waals surface area contributed by atoms with E-state index in [4.69, 9.17) is 9.47 Å². The van der Waals surface area contributed by atoms with Gasteiger partial charge in [0.2, 0.25) is 16.0 Å². The van der Waals surface area contributed by atoms with E-state index in [0.717, 1.165) is 10.6 Å². The molecule has 0 aliphatic heterocycles. The maximum atomic E-state index is 13.7. The summed E-state index contributed by atoms with van der Waals surface area (Å²) in [7, 11) is -2.41. The maximum absolute atomic E-state index is 13.7. The van der Waals surface area contributed by atoms with Crippen molar-refractivity contribution in [3.05, 3.63) is 67.6 Å². The molecule has 0 spiro atoms. The summed E-state index contributed by atoms with van der Waals surface area (Å²) >= 11 is 0. The number of benzene rings is 1. The van der Waals surface area contributed by atoms with Crippen LogP contribution in [0.4, 0.5) is 10.3 Å². The van der Waals surface area contributed by atoms with Crippen LogP contribution in [0.1, 0.15) is 56.7 Å².